The molecule has 0 radical (unpaired) electrons. The van der Waals surface area contributed by atoms with E-state index in [0.29, 0.717) is 23.6 Å². The van der Waals surface area contributed by atoms with Gasteiger partial charge in [-0.3, -0.25) is 9.59 Å². The molecular weight excluding hydrogens is 414 g/mol. The van der Waals surface area contributed by atoms with Gasteiger partial charge in [0.1, 0.15) is 0 Å². The SMILES string of the molecule is Cc1ccc(S(=O)(=O)N2CCCCC2C)cc1C(=O)NCCC(=O)N1CCCC(C)C1. The standard InChI is InChI=1S/C23H35N3O4S/c1-17-7-6-13-25(16-17)22(27)11-12-24-23(28)21-15-20(10-9-18(21)2)31(29,30)26-14-5-4-8-19(26)3/h9-10,15,17,19H,4-8,11-14,16H2,1-3H3,(H,24,28). The molecule has 2 fully saturated rings. The van der Waals surface area contributed by atoms with Crippen molar-refractivity contribution in [1.82, 2.24) is 14.5 Å². The van der Waals surface area contributed by atoms with Crippen molar-refractivity contribution >= 4 is 21.8 Å². The average molecular weight is 450 g/mol. The molecular formula is C23H35N3O4S. The van der Waals surface area contributed by atoms with Crippen LogP contribution < -0.4 is 5.32 Å². The number of hydrogen-bond acceptors (Lipinski definition) is 4. The first-order valence-electron chi connectivity index (χ1n) is 11.4. The summed E-state index contributed by atoms with van der Waals surface area (Å²) >= 11 is 0. The Morgan fingerprint density at radius 2 is 1.87 bits per heavy atom. The summed E-state index contributed by atoms with van der Waals surface area (Å²) in [7, 11) is -3.65. The predicted molar refractivity (Wildman–Crippen MR) is 120 cm³/mol. The van der Waals surface area contributed by atoms with Gasteiger partial charge in [-0.1, -0.05) is 19.4 Å². The zero-order chi connectivity index (χ0) is 22.6. The van der Waals surface area contributed by atoms with Crippen LogP contribution >= 0.6 is 0 Å². The van der Waals surface area contributed by atoms with E-state index in [9.17, 15) is 18.0 Å². The van der Waals surface area contributed by atoms with Gasteiger partial charge in [0, 0.05) is 44.2 Å². The van der Waals surface area contributed by atoms with Crippen molar-refractivity contribution in [2.24, 2.45) is 5.92 Å². The zero-order valence-electron chi connectivity index (χ0n) is 18.9. The minimum atomic E-state index is -3.65. The third-order valence-electron chi connectivity index (χ3n) is 6.44. The van der Waals surface area contributed by atoms with E-state index in [2.05, 4.69) is 12.2 Å². The molecule has 2 atom stereocenters. The van der Waals surface area contributed by atoms with Gasteiger partial charge in [0.05, 0.1) is 4.90 Å². The van der Waals surface area contributed by atoms with Crippen LogP contribution in [0.15, 0.2) is 23.1 Å². The van der Waals surface area contributed by atoms with Crippen LogP contribution in [0.3, 0.4) is 0 Å². The largest absolute Gasteiger partial charge is 0.352 e. The highest BCUT2D eigenvalue weighted by molar-refractivity contribution is 7.89. The molecule has 8 heteroatoms. The zero-order valence-corrected chi connectivity index (χ0v) is 19.7. The maximum Gasteiger partial charge on any atom is 0.251 e. The number of rotatable bonds is 6. The van der Waals surface area contributed by atoms with E-state index in [0.717, 1.165) is 45.2 Å². The Balaban J connectivity index is 1.64. The second-order valence-electron chi connectivity index (χ2n) is 9.03. The van der Waals surface area contributed by atoms with Crippen LogP contribution in [0.2, 0.25) is 0 Å². The maximum atomic E-state index is 13.1. The number of benzene rings is 1. The Labute approximate surface area is 186 Å². The number of aryl methyl sites for hydroxylation is 1. The molecule has 7 nitrogen and oxygen atoms in total. The fourth-order valence-corrected chi connectivity index (χ4v) is 6.25. The molecule has 2 amide bonds. The second kappa shape index (κ2) is 10.1. The predicted octanol–water partition coefficient (Wildman–Crippen LogP) is 2.94. The molecule has 1 aromatic carbocycles. The van der Waals surface area contributed by atoms with E-state index in [1.54, 1.807) is 23.4 Å². The summed E-state index contributed by atoms with van der Waals surface area (Å²) < 4.78 is 27.8. The van der Waals surface area contributed by atoms with Crippen LogP contribution in [0.4, 0.5) is 0 Å². The molecule has 172 valence electrons. The van der Waals surface area contributed by atoms with Gasteiger partial charge in [0.15, 0.2) is 0 Å². The van der Waals surface area contributed by atoms with E-state index in [-0.39, 0.29) is 35.7 Å². The molecule has 2 unspecified atom stereocenters. The molecule has 0 aliphatic carbocycles. The van der Waals surface area contributed by atoms with Gasteiger partial charge in [-0.25, -0.2) is 8.42 Å². The quantitative estimate of drug-likeness (QED) is 0.723. The van der Waals surface area contributed by atoms with E-state index >= 15 is 0 Å². The molecule has 1 aromatic rings. The molecule has 2 saturated heterocycles. The third-order valence-corrected chi connectivity index (χ3v) is 8.45. The Morgan fingerprint density at radius 1 is 1.10 bits per heavy atom. The van der Waals surface area contributed by atoms with Gasteiger partial charge in [0.25, 0.3) is 5.91 Å². The minimum absolute atomic E-state index is 0.0409. The first kappa shape index (κ1) is 23.7. The van der Waals surface area contributed by atoms with Crippen molar-refractivity contribution in [3.05, 3.63) is 29.3 Å². The van der Waals surface area contributed by atoms with Crippen molar-refractivity contribution < 1.29 is 18.0 Å². The molecule has 2 aliphatic rings. The fraction of sp³-hybridized carbons (Fsp3) is 0.652. The van der Waals surface area contributed by atoms with Gasteiger partial charge < -0.3 is 10.2 Å². The minimum Gasteiger partial charge on any atom is -0.352 e. The van der Waals surface area contributed by atoms with Crippen LogP contribution in [0, 0.1) is 12.8 Å². The van der Waals surface area contributed by atoms with Gasteiger partial charge in [-0.15, -0.1) is 0 Å². The Morgan fingerprint density at radius 3 is 2.58 bits per heavy atom. The number of nitrogens with one attached hydrogen (secondary N) is 1. The van der Waals surface area contributed by atoms with Crippen molar-refractivity contribution in [2.75, 3.05) is 26.2 Å². The number of sulfonamides is 1. The van der Waals surface area contributed by atoms with Gasteiger partial charge >= 0.3 is 0 Å². The van der Waals surface area contributed by atoms with Gasteiger partial charge in [0.2, 0.25) is 15.9 Å². The molecule has 0 saturated carbocycles. The highest BCUT2D eigenvalue weighted by Crippen LogP contribution is 2.26. The maximum absolute atomic E-state index is 13.1. The summed E-state index contributed by atoms with van der Waals surface area (Å²) in [6, 6.07) is 4.68. The molecule has 1 N–H and O–H groups in total. The lowest BCUT2D eigenvalue weighted by Crippen LogP contribution is -2.42. The van der Waals surface area contributed by atoms with E-state index < -0.39 is 10.0 Å². The average Bonchev–Trinajstić information content (AvgIpc) is 2.74. The van der Waals surface area contributed by atoms with E-state index in [4.69, 9.17) is 0 Å². The number of hydrogen-bond donors (Lipinski definition) is 1. The number of carbonyl (C=O) groups excluding carboxylic acids is 2. The van der Waals surface area contributed by atoms with E-state index in [1.807, 2.05) is 11.8 Å². The molecule has 2 aliphatic heterocycles. The molecule has 0 aromatic heterocycles. The monoisotopic (exact) mass is 449 g/mol. The van der Waals surface area contributed by atoms with Gasteiger partial charge in [-0.05, 0) is 63.1 Å². The highest BCUT2D eigenvalue weighted by Gasteiger charge is 2.31. The third kappa shape index (κ3) is 5.66. The molecule has 0 bridgehead atoms. The lowest BCUT2D eigenvalue weighted by molar-refractivity contribution is -0.132. The Bertz CT molecular complexity index is 915. The van der Waals surface area contributed by atoms with Crippen molar-refractivity contribution in [1.29, 1.82) is 0 Å². The lowest BCUT2D eigenvalue weighted by atomic mass is 10.00. The summed E-state index contributed by atoms with van der Waals surface area (Å²) in [5.74, 6) is 0.224. The smallest absolute Gasteiger partial charge is 0.251 e. The molecule has 31 heavy (non-hydrogen) atoms. The summed E-state index contributed by atoms with van der Waals surface area (Å²) in [6.07, 6.45) is 5.16. The molecule has 0 spiro atoms. The van der Waals surface area contributed by atoms with Crippen LogP contribution in [0.5, 0.6) is 0 Å². The summed E-state index contributed by atoms with van der Waals surface area (Å²) in [5, 5.41) is 2.79. The fourth-order valence-electron chi connectivity index (χ4n) is 4.52. The van der Waals surface area contributed by atoms with Gasteiger partial charge in [-0.2, -0.15) is 4.31 Å². The first-order valence-corrected chi connectivity index (χ1v) is 12.8. The first-order chi connectivity index (χ1) is 14.7. The van der Waals surface area contributed by atoms with Crippen LogP contribution in [-0.2, 0) is 14.8 Å². The van der Waals surface area contributed by atoms with Crippen molar-refractivity contribution in [3.63, 3.8) is 0 Å². The number of carbonyl (C=O) groups is 2. The van der Waals surface area contributed by atoms with E-state index in [1.165, 1.54) is 6.07 Å². The van der Waals surface area contributed by atoms with Crippen molar-refractivity contribution in [3.8, 4) is 0 Å². The summed E-state index contributed by atoms with van der Waals surface area (Å²) in [6.45, 7) is 8.17. The normalized spacial score (nSPS) is 22.9. The molecule has 3 rings (SSSR count). The Kier molecular flexibility index (Phi) is 7.75. The highest BCUT2D eigenvalue weighted by atomic mass is 32.2. The number of likely N-dealkylation sites (tertiary alicyclic amines) is 1. The topological polar surface area (TPSA) is 86.8 Å². The number of piperidine rings is 2. The second-order valence-corrected chi connectivity index (χ2v) is 10.9. The van der Waals surface area contributed by atoms with Crippen LogP contribution in [0.25, 0.3) is 0 Å². The van der Waals surface area contributed by atoms with Crippen LogP contribution in [-0.4, -0.2) is 61.7 Å². The Hall–Kier alpha value is -1.93. The number of amides is 2. The summed E-state index contributed by atoms with van der Waals surface area (Å²) in [4.78, 5) is 27.2. The lowest BCUT2D eigenvalue weighted by Gasteiger charge is -2.32. The summed E-state index contributed by atoms with van der Waals surface area (Å²) in [5.41, 5.74) is 1.05. The van der Waals surface area contributed by atoms with Crippen molar-refractivity contribution in [2.45, 2.75) is 70.2 Å². The number of nitrogens with zero attached hydrogens (tertiary/aromatic N) is 2. The molecule has 2 heterocycles. The van der Waals surface area contributed by atoms with Crippen LogP contribution in [0.1, 0.15) is 68.3 Å².